The molecule has 0 rings (SSSR count). The van der Waals surface area contributed by atoms with Crippen LogP contribution in [0.15, 0.2) is 12.7 Å². The molecule has 4 nitrogen and oxygen atoms in total. The van der Waals surface area contributed by atoms with E-state index in [9.17, 15) is 9.59 Å². The van der Waals surface area contributed by atoms with Gasteiger partial charge in [0.15, 0.2) is 0 Å². The Labute approximate surface area is 165 Å². The van der Waals surface area contributed by atoms with Crippen LogP contribution in [0.4, 0.5) is 0 Å². The van der Waals surface area contributed by atoms with Crippen molar-refractivity contribution in [3.63, 3.8) is 0 Å². The standard InChI is InChI=1S/C12H25.C7H10O4.Na/c1-3-5-7-9-11-12-10-8-6-4-2;1-2-3-5(7(10)11)4-6(8)9;/h1,3-12H2,2H3;2,5H,1,3-4H2,(H,8,9)(H,10,11);. The summed E-state index contributed by atoms with van der Waals surface area (Å²) < 4.78 is 1.51. The molecule has 0 bridgehead atoms. The van der Waals surface area contributed by atoms with Crippen LogP contribution in [0.5, 0.6) is 0 Å². The third-order valence-electron chi connectivity index (χ3n) is 3.93. The summed E-state index contributed by atoms with van der Waals surface area (Å²) in [6.45, 7) is 5.62. The summed E-state index contributed by atoms with van der Waals surface area (Å²) >= 11 is 1.41. The van der Waals surface area contributed by atoms with Gasteiger partial charge in [0.05, 0.1) is 12.3 Å². The molecule has 0 saturated carbocycles. The number of hydrogen-bond acceptors (Lipinski definition) is 2. The Hall–Kier alpha value is -0.320. The minimum atomic E-state index is -1.10. The van der Waals surface area contributed by atoms with E-state index in [2.05, 4.69) is 13.5 Å². The van der Waals surface area contributed by atoms with E-state index in [1.165, 1.54) is 102 Å². The van der Waals surface area contributed by atoms with Crippen molar-refractivity contribution in [1.29, 1.82) is 0 Å². The van der Waals surface area contributed by atoms with E-state index in [0.29, 0.717) is 0 Å². The fraction of sp³-hybridized carbons (Fsp3) is 0.789. The van der Waals surface area contributed by atoms with Crippen LogP contribution >= 0.6 is 0 Å². The number of aliphatic carboxylic acids is 2. The number of unbranched alkanes of at least 4 members (excludes halogenated alkanes) is 9. The second-order valence-corrected chi connectivity index (χ2v) is 7.34. The van der Waals surface area contributed by atoms with Crippen LogP contribution in [0, 0.1) is 5.92 Å². The van der Waals surface area contributed by atoms with Crippen molar-refractivity contribution in [3.8, 4) is 0 Å². The van der Waals surface area contributed by atoms with Crippen LogP contribution in [0.25, 0.3) is 0 Å². The fourth-order valence-corrected chi connectivity index (χ4v) is 2.92. The van der Waals surface area contributed by atoms with Crippen molar-refractivity contribution in [2.45, 2.75) is 87.6 Å². The van der Waals surface area contributed by atoms with E-state index in [1.807, 2.05) is 0 Å². The zero-order valence-electron chi connectivity index (χ0n) is 15.8. The maximum atomic E-state index is 10.3. The molecule has 0 aliphatic carbocycles. The molecule has 0 spiro atoms. The molecule has 0 amide bonds. The summed E-state index contributed by atoms with van der Waals surface area (Å²) in [6, 6.07) is 0. The fourth-order valence-electron chi connectivity index (χ4n) is 2.42. The molecule has 1 unspecified atom stereocenters. The van der Waals surface area contributed by atoms with Gasteiger partial charge in [-0.1, -0.05) is 6.08 Å². The molecule has 0 aromatic heterocycles. The van der Waals surface area contributed by atoms with Crippen LogP contribution in [0.3, 0.4) is 0 Å². The predicted molar refractivity (Wildman–Crippen MR) is 101 cm³/mol. The van der Waals surface area contributed by atoms with Crippen LogP contribution in [-0.2, 0) is 9.59 Å². The zero-order valence-corrected chi connectivity index (χ0v) is 17.8. The van der Waals surface area contributed by atoms with Gasteiger partial charge in [-0.3, -0.25) is 9.59 Å². The Morgan fingerprint density at radius 3 is 1.75 bits per heavy atom. The normalized spacial score (nSPS) is 11.3. The molecular formula is C19H35NaO4. The van der Waals surface area contributed by atoms with Gasteiger partial charge in [0.2, 0.25) is 0 Å². The first-order valence-corrected chi connectivity index (χ1v) is 11.0. The quantitative estimate of drug-likeness (QED) is 0.241. The number of carboxylic acid groups (broad SMARTS) is 2. The van der Waals surface area contributed by atoms with Crippen LogP contribution in [0.1, 0.15) is 84.0 Å². The van der Waals surface area contributed by atoms with Gasteiger partial charge in [-0.05, 0) is 6.42 Å². The third-order valence-corrected chi connectivity index (χ3v) is 4.64. The van der Waals surface area contributed by atoms with E-state index in [-0.39, 0.29) is 12.8 Å². The van der Waals surface area contributed by atoms with Gasteiger partial charge >= 0.3 is 115 Å². The molecule has 1 atom stereocenters. The predicted octanol–water partition coefficient (Wildman–Crippen LogP) is 5.23. The number of allylic oxidation sites excluding steroid dienone is 1. The Kier molecular flexibility index (Phi) is 22.4. The number of rotatable bonds is 15. The molecule has 0 radical (unpaired) electrons. The van der Waals surface area contributed by atoms with Crippen molar-refractivity contribution in [2.75, 3.05) is 0 Å². The molecule has 0 aliphatic rings. The first-order chi connectivity index (χ1) is 11.5. The van der Waals surface area contributed by atoms with Crippen LogP contribution in [-0.4, -0.2) is 50.1 Å². The first kappa shape index (κ1) is 25.9. The van der Waals surface area contributed by atoms with Crippen molar-refractivity contribution in [3.05, 3.63) is 12.7 Å². The zero-order chi connectivity index (χ0) is 18.6. The van der Waals surface area contributed by atoms with Crippen molar-refractivity contribution in [2.24, 2.45) is 5.92 Å². The van der Waals surface area contributed by atoms with Gasteiger partial charge < -0.3 is 10.2 Å². The Morgan fingerprint density at radius 1 is 0.958 bits per heavy atom. The molecule has 0 aromatic carbocycles. The Morgan fingerprint density at radius 2 is 1.42 bits per heavy atom. The maximum absolute atomic E-state index is 10.3. The van der Waals surface area contributed by atoms with Gasteiger partial charge in [-0.25, -0.2) is 0 Å². The molecule has 0 fully saturated rings. The molecule has 0 aliphatic heterocycles. The average Bonchev–Trinajstić information content (AvgIpc) is 2.53. The second-order valence-electron chi connectivity index (χ2n) is 6.34. The molecule has 0 aromatic rings. The van der Waals surface area contributed by atoms with Gasteiger partial charge in [-0.15, -0.1) is 6.58 Å². The summed E-state index contributed by atoms with van der Waals surface area (Å²) in [5.41, 5.74) is 0. The number of carbonyl (C=O) groups is 2. The van der Waals surface area contributed by atoms with Gasteiger partial charge in [0.25, 0.3) is 0 Å². The summed E-state index contributed by atoms with van der Waals surface area (Å²) in [5.74, 6) is -3.03. The van der Waals surface area contributed by atoms with Crippen LogP contribution < -0.4 is 0 Å². The van der Waals surface area contributed by atoms with E-state index < -0.39 is 17.9 Å². The van der Waals surface area contributed by atoms with Crippen molar-refractivity contribution < 1.29 is 19.8 Å². The topological polar surface area (TPSA) is 74.6 Å². The molecule has 2 N–H and O–H groups in total. The van der Waals surface area contributed by atoms with Gasteiger partial charge in [-0.2, -0.15) is 0 Å². The van der Waals surface area contributed by atoms with Gasteiger partial charge in [0, 0.05) is 0 Å². The first-order valence-electron chi connectivity index (χ1n) is 9.54. The summed E-state index contributed by atoms with van der Waals surface area (Å²) in [7, 11) is 0. The number of hydrogen-bond donors (Lipinski definition) is 2. The molecule has 24 heavy (non-hydrogen) atoms. The van der Waals surface area contributed by atoms with Gasteiger partial charge in [0.1, 0.15) is 0 Å². The molecule has 0 saturated heterocycles. The van der Waals surface area contributed by atoms with Crippen molar-refractivity contribution >= 4 is 39.9 Å². The average molecular weight is 350 g/mol. The molecule has 136 valence electrons. The Balaban J connectivity index is 0. The van der Waals surface area contributed by atoms with Crippen molar-refractivity contribution in [1.82, 2.24) is 0 Å². The third kappa shape index (κ3) is 21.7. The monoisotopic (exact) mass is 350 g/mol. The number of carboxylic acids is 2. The summed E-state index contributed by atoms with van der Waals surface area (Å²) in [4.78, 5) is 20.4. The van der Waals surface area contributed by atoms with E-state index in [0.717, 1.165) is 0 Å². The van der Waals surface area contributed by atoms with E-state index >= 15 is 0 Å². The summed E-state index contributed by atoms with van der Waals surface area (Å²) in [6.07, 6.45) is 16.0. The van der Waals surface area contributed by atoms with Crippen LogP contribution in [0.2, 0.25) is 3.67 Å². The van der Waals surface area contributed by atoms with E-state index in [4.69, 9.17) is 10.2 Å². The minimum absolute atomic E-state index is 0.196. The second kappa shape index (κ2) is 20.7. The molecular weight excluding hydrogens is 315 g/mol. The SMILES string of the molecule is C=CCC(CC(=O)O)C(=O)O.CCCCCCCCCCC[CH2][Na]. The summed E-state index contributed by atoms with van der Waals surface area (Å²) in [5, 5.41) is 16.7. The molecule has 5 heteroatoms. The molecule has 0 heterocycles. The Bertz CT molecular complexity index is 308. The van der Waals surface area contributed by atoms with E-state index in [1.54, 1.807) is 0 Å².